The summed E-state index contributed by atoms with van der Waals surface area (Å²) in [5.74, 6) is 0.642. The third-order valence-electron chi connectivity index (χ3n) is 4.87. The van der Waals surface area contributed by atoms with Gasteiger partial charge in [-0.2, -0.15) is 0 Å². The summed E-state index contributed by atoms with van der Waals surface area (Å²) in [4.78, 5) is 24.9. The summed E-state index contributed by atoms with van der Waals surface area (Å²) in [5, 5.41) is 7.26. The number of anilines is 1. The molecule has 0 fully saturated rings. The minimum atomic E-state index is -0.201. The summed E-state index contributed by atoms with van der Waals surface area (Å²) in [6.45, 7) is 2.28. The van der Waals surface area contributed by atoms with Crippen molar-refractivity contribution < 1.29 is 9.53 Å². The zero-order valence-corrected chi connectivity index (χ0v) is 16.8. The third-order valence-corrected chi connectivity index (χ3v) is 4.87. The fraction of sp³-hybridized carbons (Fsp3) is 0.174. The molecule has 0 bridgehead atoms. The van der Waals surface area contributed by atoms with Crippen LogP contribution in [0.3, 0.4) is 0 Å². The van der Waals surface area contributed by atoms with E-state index in [4.69, 9.17) is 4.74 Å². The Morgan fingerprint density at radius 2 is 1.93 bits per heavy atom. The number of pyridine rings is 1. The van der Waals surface area contributed by atoms with Crippen LogP contribution in [0.5, 0.6) is 5.75 Å². The molecule has 0 saturated heterocycles. The fourth-order valence-corrected chi connectivity index (χ4v) is 3.36. The molecule has 2 aromatic carbocycles. The van der Waals surface area contributed by atoms with Gasteiger partial charge in [-0.15, -0.1) is 5.10 Å². The van der Waals surface area contributed by atoms with Crippen LogP contribution in [0.25, 0.3) is 5.65 Å². The van der Waals surface area contributed by atoms with Crippen LogP contribution in [0.4, 0.5) is 5.69 Å². The molecule has 0 aliphatic rings. The first-order valence-electron chi connectivity index (χ1n) is 9.60. The van der Waals surface area contributed by atoms with Crippen LogP contribution in [0.1, 0.15) is 16.7 Å². The number of aromatic nitrogens is 3. The first-order chi connectivity index (χ1) is 14.5. The highest BCUT2D eigenvalue weighted by molar-refractivity contribution is 5.92. The average Bonchev–Trinajstić information content (AvgIpc) is 3.05. The normalized spacial score (nSPS) is 10.9. The van der Waals surface area contributed by atoms with E-state index in [2.05, 4.69) is 10.4 Å². The van der Waals surface area contributed by atoms with Crippen molar-refractivity contribution in [2.24, 2.45) is 0 Å². The molecule has 1 N–H and O–H groups in total. The van der Waals surface area contributed by atoms with Crippen LogP contribution >= 0.6 is 0 Å². The van der Waals surface area contributed by atoms with Gasteiger partial charge in [-0.3, -0.25) is 9.20 Å². The van der Waals surface area contributed by atoms with Gasteiger partial charge in [-0.05, 0) is 53.9 Å². The number of nitrogens with one attached hydrogen (secondary N) is 1. The Morgan fingerprint density at radius 1 is 1.07 bits per heavy atom. The van der Waals surface area contributed by atoms with Crippen molar-refractivity contribution in [1.82, 2.24) is 14.2 Å². The molecule has 2 aromatic heterocycles. The van der Waals surface area contributed by atoms with Crippen molar-refractivity contribution >= 4 is 17.2 Å². The maximum atomic E-state index is 12.5. The molecule has 0 unspecified atom stereocenters. The molecule has 0 saturated carbocycles. The summed E-state index contributed by atoms with van der Waals surface area (Å²) in [7, 11) is 1.62. The first-order valence-corrected chi connectivity index (χ1v) is 9.60. The molecule has 7 heteroatoms. The van der Waals surface area contributed by atoms with Gasteiger partial charge in [0.1, 0.15) is 5.75 Å². The minimum absolute atomic E-state index is 0.122. The molecule has 0 radical (unpaired) electrons. The second kappa shape index (κ2) is 8.24. The van der Waals surface area contributed by atoms with Crippen molar-refractivity contribution in [1.29, 1.82) is 0 Å². The zero-order chi connectivity index (χ0) is 21.1. The molecule has 4 rings (SSSR count). The van der Waals surface area contributed by atoms with Gasteiger partial charge in [0.2, 0.25) is 5.91 Å². The van der Waals surface area contributed by atoms with Crippen molar-refractivity contribution in [3.05, 3.63) is 94.0 Å². The lowest BCUT2D eigenvalue weighted by atomic mass is 10.1. The second-order valence-corrected chi connectivity index (χ2v) is 7.10. The van der Waals surface area contributed by atoms with E-state index < -0.39 is 0 Å². The van der Waals surface area contributed by atoms with Crippen LogP contribution in [0, 0.1) is 6.92 Å². The van der Waals surface area contributed by atoms with Crippen molar-refractivity contribution in [2.45, 2.75) is 19.9 Å². The molecule has 0 aliphatic heterocycles. The van der Waals surface area contributed by atoms with Crippen molar-refractivity contribution in [3.8, 4) is 5.75 Å². The van der Waals surface area contributed by atoms with Gasteiger partial charge in [-0.1, -0.05) is 30.3 Å². The monoisotopic (exact) mass is 402 g/mol. The van der Waals surface area contributed by atoms with Gasteiger partial charge in [-0.25, -0.2) is 9.48 Å². The molecule has 7 nitrogen and oxygen atoms in total. The van der Waals surface area contributed by atoms with Gasteiger partial charge in [0.05, 0.1) is 20.1 Å². The lowest BCUT2D eigenvalue weighted by Crippen LogP contribution is -2.21. The maximum Gasteiger partial charge on any atom is 0.350 e. The van der Waals surface area contributed by atoms with E-state index in [1.807, 2.05) is 55.5 Å². The smallest absolute Gasteiger partial charge is 0.350 e. The van der Waals surface area contributed by atoms with E-state index in [-0.39, 0.29) is 18.0 Å². The van der Waals surface area contributed by atoms with E-state index in [0.29, 0.717) is 17.9 Å². The van der Waals surface area contributed by atoms with Gasteiger partial charge >= 0.3 is 5.69 Å². The average molecular weight is 402 g/mol. The van der Waals surface area contributed by atoms with Crippen LogP contribution in [-0.2, 0) is 17.8 Å². The number of carbonyl (C=O) groups excluding carboxylic acids is 1. The van der Waals surface area contributed by atoms with Crippen LogP contribution in [0.15, 0.2) is 71.7 Å². The topological polar surface area (TPSA) is 77.6 Å². The van der Waals surface area contributed by atoms with Crippen LogP contribution in [0.2, 0.25) is 0 Å². The van der Waals surface area contributed by atoms with Gasteiger partial charge in [0.15, 0.2) is 5.65 Å². The number of methoxy groups -OCH3 is 1. The Bertz CT molecular complexity index is 1270. The molecule has 1 amide bonds. The van der Waals surface area contributed by atoms with E-state index >= 15 is 0 Å². The molecule has 0 spiro atoms. The fourth-order valence-electron chi connectivity index (χ4n) is 3.36. The Morgan fingerprint density at radius 3 is 2.73 bits per heavy atom. The van der Waals surface area contributed by atoms with Crippen LogP contribution in [-0.4, -0.2) is 27.2 Å². The number of hydrogen-bond donors (Lipinski definition) is 1. The summed E-state index contributed by atoms with van der Waals surface area (Å²) < 4.78 is 8.24. The summed E-state index contributed by atoms with van der Waals surface area (Å²) in [5.41, 5.74) is 3.84. The number of hydrogen-bond acceptors (Lipinski definition) is 4. The molecule has 2 heterocycles. The third kappa shape index (κ3) is 4.10. The Balaban J connectivity index is 1.47. The van der Waals surface area contributed by atoms with Gasteiger partial charge in [0, 0.05) is 11.9 Å². The Labute approximate surface area is 173 Å². The molecular weight excluding hydrogens is 380 g/mol. The number of amides is 1. The number of fused-ring (bicyclic) bond motifs is 1. The molecule has 30 heavy (non-hydrogen) atoms. The molecule has 0 aliphatic carbocycles. The van der Waals surface area contributed by atoms with E-state index in [1.165, 1.54) is 9.08 Å². The summed E-state index contributed by atoms with van der Waals surface area (Å²) in [6, 6.07) is 18.6. The highest BCUT2D eigenvalue weighted by Crippen LogP contribution is 2.20. The number of nitrogens with zero attached hydrogens (tertiary/aromatic N) is 3. The number of benzene rings is 2. The first kappa shape index (κ1) is 19.4. The van der Waals surface area contributed by atoms with Crippen molar-refractivity contribution in [2.75, 3.05) is 12.4 Å². The van der Waals surface area contributed by atoms with E-state index in [1.54, 1.807) is 25.4 Å². The zero-order valence-electron chi connectivity index (χ0n) is 16.8. The second-order valence-electron chi connectivity index (χ2n) is 7.10. The number of ether oxygens (including phenoxy) is 1. The van der Waals surface area contributed by atoms with Crippen LogP contribution < -0.4 is 15.7 Å². The predicted octanol–water partition coefficient (Wildman–Crippen LogP) is 3.04. The summed E-state index contributed by atoms with van der Waals surface area (Å²) in [6.07, 6.45) is 1.94. The largest absolute Gasteiger partial charge is 0.496 e. The predicted molar refractivity (Wildman–Crippen MR) is 115 cm³/mol. The quantitative estimate of drug-likeness (QED) is 0.538. The van der Waals surface area contributed by atoms with E-state index in [0.717, 1.165) is 22.4 Å². The highest BCUT2D eigenvalue weighted by atomic mass is 16.5. The number of rotatable bonds is 6. The lowest BCUT2D eigenvalue weighted by molar-refractivity contribution is -0.115. The SMILES string of the molecule is COc1cc(CC(=O)Nc2cccc(Cn3nc4ccccn4c3=O)c2)ccc1C. The lowest BCUT2D eigenvalue weighted by Gasteiger charge is -2.09. The number of aryl methyl sites for hydroxylation is 1. The molecule has 4 aromatic rings. The van der Waals surface area contributed by atoms with Crippen molar-refractivity contribution in [3.63, 3.8) is 0 Å². The molecule has 0 atom stereocenters. The maximum absolute atomic E-state index is 12.5. The highest BCUT2D eigenvalue weighted by Gasteiger charge is 2.09. The summed E-state index contributed by atoms with van der Waals surface area (Å²) >= 11 is 0. The standard InChI is InChI=1S/C23H22N4O3/c1-16-9-10-17(13-20(16)30-2)14-22(28)24-19-7-5-6-18(12-19)15-27-23(29)26-11-4-3-8-21(26)25-27/h3-13H,14-15H2,1-2H3,(H,24,28). The molecule has 152 valence electrons. The van der Waals surface area contributed by atoms with Gasteiger partial charge < -0.3 is 10.1 Å². The van der Waals surface area contributed by atoms with E-state index in [9.17, 15) is 9.59 Å². The molecular formula is C23H22N4O3. The minimum Gasteiger partial charge on any atom is -0.496 e. The Kier molecular flexibility index (Phi) is 5.34. The van der Waals surface area contributed by atoms with Gasteiger partial charge in [0.25, 0.3) is 0 Å². The Hall–Kier alpha value is -3.87. The number of carbonyl (C=O) groups is 1.